The average Bonchev–Trinajstić information content (AvgIpc) is 3.13. The monoisotopic (exact) mass is 605 g/mol. The van der Waals surface area contributed by atoms with E-state index < -0.39 is 43.6 Å². The van der Waals surface area contributed by atoms with Crippen LogP contribution in [0.25, 0.3) is 0 Å². The number of halogens is 3. The van der Waals surface area contributed by atoms with Gasteiger partial charge in [-0.3, -0.25) is 9.35 Å². The Kier molecular flexibility index (Phi) is 10.4. The summed E-state index contributed by atoms with van der Waals surface area (Å²) in [6.07, 6.45) is 2.60. The smallest absolute Gasteiger partial charge is 0.294 e. The molecule has 0 aromatic heterocycles. The number of fused-ring (bicyclic) bond motifs is 2. The number of carbonyl (C=O) groups excluding carboxylic acids is 1. The van der Waals surface area contributed by atoms with E-state index in [1.807, 2.05) is 6.92 Å². The van der Waals surface area contributed by atoms with Crippen LogP contribution in [-0.2, 0) is 31.4 Å². The van der Waals surface area contributed by atoms with Crippen LogP contribution in [0.4, 0.5) is 13.2 Å². The molecule has 0 saturated carbocycles. The van der Waals surface area contributed by atoms with E-state index in [1.165, 1.54) is 19.1 Å². The zero-order valence-electron chi connectivity index (χ0n) is 22.2. The van der Waals surface area contributed by atoms with Gasteiger partial charge in [-0.05, 0) is 68.7 Å². The number of sulfonamides is 1. The number of carbonyl (C=O) groups is 1. The van der Waals surface area contributed by atoms with E-state index in [0.29, 0.717) is 18.9 Å². The number of nitrogens with two attached hydrogens (primary N) is 1. The second kappa shape index (κ2) is 13.0. The number of nitrogens with one attached hydrogen (secondary N) is 1. The molecule has 1 amide bonds. The first-order chi connectivity index (χ1) is 18.6. The maximum Gasteiger partial charge on any atom is 0.294 e. The maximum absolute atomic E-state index is 13.9. The lowest BCUT2D eigenvalue weighted by molar-refractivity contribution is -0.118. The Morgan fingerprint density at radius 1 is 1.02 bits per heavy atom. The minimum Gasteiger partial charge on any atom is -0.355 e. The molecule has 4 rings (SSSR count). The van der Waals surface area contributed by atoms with E-state index in [1.54, 1.807) is 16.4 Å². The van der Waals surface area contributed by atoms with Crippen molar-refractivity contribution < 1.29 is 39.4 Å². The van der Waals surface area contributed by atoms with E-state index in [2.05, 4.69) is 5.32 Å². The first kappa shape index (κ1) is 32.0. The van der Waals surface area contributed by atoms with Crippen molar-refractivity contribution in [3.63, 3.8) is 0 Å². The maximum atomic E-state index is 13.9. The number of nitrogens with zero attached hydrogens (tertiary/aromatic N) is 1. The molecule has 2 aromatic rings. The number of benzene rings is 2. The van der Waals surface area contributed by atoms with Crippen LogP contribution in [-0.4, -0.2) is 62.0 Å². The first-order valence-corrected chi connectivity index (χ1v) is 15.8. The number of piperidine rings is 1. The Hall–Kier alpha value is -2.52. The van der Waals surface area contributed by atoms with Crippen LogP contribution in [0.1, 0.15) is 43.7 Å². The van der Waals surface area contributed by atoms with Gasteiger partial charge in [-0.15, -0.1) is 0 Å². The van der Waals surface area contributed by atoms with E-state index >= 15 is 0 Å². The molecule has 2 bridgehead atoms. The molecule has 2 fully saturated rings. The summed E-state index contributed by atoms with van der Waals surface area (Å²) in [4.78, 5) is 10.9. The highest BCUT2D eigenvalue weighted by molar-refractivity contribution is 7.89. The van der Waals surface area contributed by atoms with E-state index in [4.69, 9.17) is 10.3 Å². The Labute approximate surface area is 232 Å². The zero-order chi connectivity index (χ0) is 29.8. The molecule has 4 N–H and O–H groups in total. The van der Waals surface area contributed by atoms with E-state index in [9.17, 15) is 34.8 Å². The number of amides is 1. The second-order valence-electron chi connectivity index (χ2n) is 10.3. The van der Waals surface area contributed by atoms with Gasteiger partial charge in [0.15, 0.2) is 11.6 Å². The molecular weight excluding hydrogens is 571 g/mol. The summed E-state index contributed by atoms with van der Waals surface area (Å²) in [5.74, 6) is -3.67. The molecule has 2 aliphatic rings. The third kappa shape index (κ3) is 8.26. The van der Waals surface area contributed by atoms with Gasteiger partial charge < -0.3 is 11.1 Å². The molecule has 2 saturated heterocycles. The molecule has 2 aromatic carbocycles. The molecule has 2 heterocycles. The molecule has 2 aliphatic heterocycles. The highest BCUT2D eigenvalue weighted by Crippen LogP contribution is 2.42. The van der Waals surface area contributed by atoms with Gasteiger partial charge >= 0.3 is 0 Å². The average molecular weight is 606 g/mol. The molecular formula is C26H34F3N3O6S2. The van der Waals surface area contributed by atoms with E-state index in [-0.39, 0.29) is 53.1 Å². The Bertz CT molecular complexity index is 1410. The van der Waals surface area contributed by atoms with Crippen molar-refractivity contribution in [2.24, 2.45) is 11.7 Å². The largest absolute Gasteiger partial charge is 0.355 e. The molecule has 0 aliphatic carbocycles. The fourth-order valence-corrected chi connectivity index (χ4v) is 7.63. The Balaban J connectivity index is 0.000000336. The molecule has 40 heavy (non-hydrogen) atoms. The van der Waals surface area contributed by atoms with Gasteiger partial charge in [-0.2, -0.15) is 12.7 Å². The Morgan fingerprint density at radius 3 is 2.10 bits per heavy atom. The van der Waals surface area contributed by atoms with Gasteiger partial charge in [0.2, 0.25) is 15.9 Å². The lowest BCUT2D eigenvalue weighted by Crippen LogP contribution is -2.51. The molecule has 0 spiro atoms. The van der Waals surface area contributed by atoms with E-state index in [0.717, 1.165) is 24.5 Å². The van der Waals surface area contributed by atoms with Crippen molar-refractivity contribution in [3.05, 3.63) is 65.0 Å². The first-order valence-electron chi connectivity index (χ1n) is 12.8. The van der Waals surface area contributed by atoms with Gasteiger partial charge in [-0.1, -0.05) is 17.7 Å². The van der Waals surface area contributed by atoms with Crippen LogP contribution in [0, 0.1) is 30.3 Å². The molecule has 9 nitrogen and oxygen atoms in total. The summed E-state index contributed by atoms with van der Waals surface area (Å²) >= 11 is 0. The quantitative estimate of drug-likeness (QED) is 0.310. The lowest BCUT2D eigenvalue weighted by atomic mass is 9.83. The van der Waals surface area contributed by atoms with Gasteiger partial charge in [0.25, 0.3) is 10.1 Å². The summed E-state index contributed by atoms with van der Waals surface area (Å²) in [5, 5.41) is 2.50. The fourth-order valence-electron chi connectivity index (χ4n) is 5.29. The minimum absolute atomic E-state index is 0.0223. The summed E-state index contributed by atoms with van der Waals surface area (Å²) in [6, 6.07) is 6.50. The normalized spacial score (nSPS) is 21.8. The van der Waals surface area contributed by atoms with Crippen molar-refractivity contribution >= 4 is 26.0 Å². The van der Waals surface area contributed by atoms with Crippen LogP contribution in [0.5, 0.6) is 0 Å². The highest BCUT2D eigenvalue weighted by atomic mass is 32.2. The van der Waals surface area contributed by atoms with Crippen LogP contribution >= 0.6 is 0 Å². The van der Waals surface area contributed by atoms with Gasteiger partial charge in [0.1, 0.15) is 5.82 Å². The molecule has 0 radical (unpaired) electrons. The van der Waals surface area contributed by atoms with Gasteiger partial charge in [0.05, 0.1) is 10.6 Å². The summed E-state index contributed by atoms with van der Waals surface area (Å²) < 4.78 is 97.0. The van der Waals surface area contributed by atoms with Crippen molar-refractivity contribution in [2.75, 3.05) is 12.3 Å². The fraction of sp³-hybridized carbons (Fsp3) is 0.500. The topological polar surface area (TPSA) is 147 Å². The number of hydrogen-bond donors (Lipinski definition) is 3. The van der Waals surface area contributed by atoms with Crippen LogP contribution in [0.15, 0.2) is 41.3 Å². The third-order valence-corrected chi connectivity index (χ3v) is 10.1. The lowest BCUT2D eigenvalue weighted by Gasteiger charge is -2.40. The van der Waals surface area contributed by atoms with Gasteiger partial charge in [-0.25, -0.2) is 21.6 Å². The minimum atomic E-state index is -4.02. The second-order valence-corrected chi connectivity index (χ2v) is 13.7. The summed E-state index contributed by atoms with van der Waals surface area (Å²) in [7, 11) is -7.53. The predicted molar refractivity (Wildman–Crippen MR) is 143 cm³/mol. The van der Waals surface area contributed by atoms with Crippen molar-refractivity contribution in [2.45, 2.75) is 69.0 Å². The highest BCUT2D eigenvalue weighted by Gasteiger charge is 2.47. The van der Waals surface area contributed by atoms with Crippen LogP contribution < -0.4 is 11.1 Å². The van der Waals surface area contributed by atoms with Crippen molar-refractivity contribution in [1.29, 1.82) is 0 Å². The van der Waals surface area contributed by atoms with Crippen LogP contribution in [0.3, 0.4) is 0 Å². The number of rotatable bonds is 8. The number of hydrogen-bond acceptors (Lipinski definition) is 6. The standard InChI is InChI=1S/C19H26F3N3O3S.C7H8O3S/c1-11(26)24-4-5-29(27,28)25-14-2-3-15(25)7-13(6-14)19(23)9-12-8-17(21)18(22)10-16(12)20;1-6-2-4-7(5-3-6)11(8,9)10/h8,10,13-15,19H,2-7,9,23H2,1H3,(H,24,26);2-5H,1H3,(H,8,9,10)/t13?,14?,15?,19-;/m1./s1. The zero-order valence-corrected chi connectivity index (χ0v) is 23.8. The third-order valence-electron chi connectivity index (χ3n) is 7.23. The number of aryl methyl sites for hydroxylation is 1. The predicted octanol–water partition coefficient (Wildman–Crippen LogP) is 2.92. The summed E-state index contributed by atoms with van der Waals surface area (Å²) in [6.45, 7) is 3.23. The molecule has 3 atom stereocenters. The molecule has 2 unspecified atom stereocenters. The van der Waals surface area contributed by atoms with Crippen molar-refractivity contribution in [1.82, 2.24) is 9.62 Å². The van der Waals surface area contributed by atoms with Crippen molar-refractivity contribution in [3.8, 4) is 0 Å². The SMILES string of the molecule is CC(=O)NCCS(=O)(=O)N1C2CCC1CC([C@H](N)Cc1cc(F)c(F)cc1F)C2.Cc1ccc(S(=O)(=O)O)cc1. The summed E-state index contributed by atoms with van der Waals surface area (Å²) in [5.41, 5.74) is 7.24. The van der Waals surface area contributed by atoms with Gasteiger partial charge in [0, 0.05) is 37.7 Å². The van der Waals surface area contributed by atoms with Crippen LogP contribution in [0.2, 0.25) is 0 Å². The molecule has 222 valence electrons. The Morgan fingerprint density at radius 2 is 1.57 bits per heavy atom. The molecule has 14 heteroatoms.